The van der Waals surface area contributed by atoms with Crippen LogP contribution in [-0.2, 0) is 16.1 Å². The van der Waals surface area contributed by atoms with Crippen LogP contribution in [0.25, 0.3) is 0 Å². The molecule has 6 heteroatoms. The molecule has 0 fully saturated rings. The Morgan fingerprint density at radius 2 is 2.33 bits per heavy atom. The highest BCUT2D eigenvalue weighted by Crippen LogP contribution is 2.14. The summed E-state index contributed by atoms with van der Waals surface area (Å²) in [4.78, 5) is 13.6. The molecule has 1 atom stereocenters. The summed E-state index contributed by atoms with van der Waals surface area (Å²) in [7, 11) is 3.49. The van der Waals surface area contributed by atoms with E-state index in [2.05, 4.69) is 21.2 Å². The Bertz CT molecular complexity index is 381. The molecule has 1 N–H and O–H groups in total. The number of rotatable bonds is 7. The molecule has 102 valence electrons. The van der Waals surface area contributed by atoms with Crippen LogP contribution < -0.4 is 5.32 Å². The van der Waals surface area contributed by atoms with Crippen molar-refractivity contribution in [3.63, 3.8) is 0 Å². The first-order valence-corrected chi connectivity index (χ1v) is 6.51. The number of furan rings is 1. The number of hydrogen-bond acceptors (Lipinski definition) is 4. The number of methoxy groups -OCH3 is 1. The van der Waals surface area contributed by atoms with E-state index < -0.39 is 0 Å². The predicted octanol–water partition coefficient (Wildman–Crippen LogP) is 1.63. The van der Waals surface area contributed by atoms with Crippen LogP contribution in [-0.4, -0.2) is 44.2 Å². The first-order chi connectivity index (χ1) is 8.51. The SMILES string of the molecule is COCC(C)NC(=O)CN(C)Cc1ccc(Br)o1. The van der Waals surface area contributed by atoms with Crippen molar-refractivity contribution in [3.8, 4) is 0 Å². The number of hydrogen-bond donors (Lipinski definition) is 1. The molecule has 1 heterocycles. The average Bonchev–Trinajstić information content (AvgIpc) is 2.63. The van der Waals surface area contributed by atoms with Gasteiger partial charge in [-0.15, -0.1) is 0 Å². The first-order valence-electron chi connectivity index (χ1n) is 5.72. The van der Waals surface area contributed by atoms with Crippen LogP contribution >= 0.6 is 15.9 Å². The quantitative estimate of drug-likeness (QED) is 0.830. The smallest absolute Gasteiger partial charge is 0.234 e. The van der Waals surface area contributed by atoms with Crippen LogP contribution in [0.3, 0.4) is 0 Å². The Morgan fingerprint density at radius 1 is 1.61 bits per heavy atom. The van der Waals surface area contributed by atoms with E-state index in [4.69, 9.17) is 9.15 Å². The highest BCUT2D eigenvalue weighted by atomic mass is 79.9. The third-order valence-electron chi connectivity index (χ3n) is 2.29. The van der Waals surface area contributed by atoms with Gasteiger partial charge in [-0.2, -0.15) is 0 Å². The van der Waals surface area contributed by atoms with Crippen LogP contribution in [0.1, 0.15) is 12.7 Å². The molecule has 0 radical (unpaired) electrons. The van der Waals surface area contributed by atoms with Gasteiger partial charge >= 0.3 is 0 Å². The van der Waals surface area contributed by atoms with Crippen LogP contribution in [0.5, 0.6) is 0 Å². The predicted molar refractivity (Wildman–Crippen MR) is 72.2 cm³/mol. The van der Waals surface area contributed by atoms with Gasteiger partial charge in [0.25, 0.3) is 0 Å². The summed E-state index contributed by atoms with van der Waals surface area (Å²) in [5, 5.41) is 2.86. The standard InChI is InChI=1S/C12H19BrN2O3/c1-9(8-17-3)14-12(16)7-15(2)6-10-4-5-11(13)18-10/h4-5,9H,6-8H2,1-3H3,(H,14,16). The Hall–Kier alpha value is -0.850. The topological polar surface area (TPSA) is 54.7 Å². The molecule has 0 saturated heterocycles. The van der Waals surface area contributed by atoms with E-state index in [9.17, 15) is 4.79 Å². The number of ether oxygens (including phenoxy) is 1. The number of halogens is 1. The van der Waals surface area contributed by atoms with Gasteiger partial charge < -0.3 is 14.5 Å². The number of carbonyl (C=O) groups excluding carboxylic acids is 1. The maximum Gasteiger partial charge on any atom is 0.234 e. The van der Waals surface area contributed by atoms with Crippen molar-refractivity contribution < 1.29 is 13.9 Å². The van der Waals surface area contributed by atoms with E-state index in [0.717, 1.165) is 5.76 Å². The van der Waals surface area contributed by atoms with Crippen LogP contribution in [0.15, 0.2) is 21.2 Å². The summed E-state index contributed by atoms with van der Waals surface area (Å²) >= 11 is 3.24. The fourth-order valence-corrected chi connectivity index (χ4v) is 1.96. The lowest BCUT2D eigenvalue weighted by Gasteiger charge is -2.17. The highest BCUT2D eigenvalue weighted by Gasteiger charge is 2.11. The van der Waals surface area contributed by atoms with Gasteiger partial charge in [-0.05, 0) is 42.0 Å². The van der Waals surface area contributed by atoms with Gasteiger partial charge in [0.15, 0.2) is 4.67 Å². The zero-order valence-electron chi connectivity index (χ0n) is 10.9. The van der Waals surface area contributed by atoms with Crippen molar-refractivity contribution in [1.82, 2.24) is 10.2 Å². The normalized spacial score (nSPS) is 12.7. The fourth-order valence-electron chi connectivity index (χ4n) is 1.62. The van der Waals surface area contributed by atoms with Gasteiger partial charge in [0.05, 0.1) is 19.7 Å². The molecular formula is C12H19BrN2O3. The number of carbonyl (C=O) groups is 1. The largest absolute Gasteiger partial charge is 0.453 e. The second-order valence-electron chi connectivity index (χ2n) is 4.30. The molecule has 1 aromatic heterocycles. The van der Waals surface area contributed by atoms with E-state index in [1.807, 2.05) is 31.0 Å². The van der Waals surface area contributed by atoms with Crippen LogP contribution in [0, 0.1) is 0 Å². The lowest BCUT2D eigenvalue weighted by Crippen LogP contribution is -2.41. The van der Waals surface area contributed by atoms with Crippen LogP contribution in [0.2, 0.25) is 0 Å². The van der Waals surface area contributed by atoms with Crippen molar-refractivity contribution in [2.24, 2.45) is 0 Å². The molecule has 1 amide bonds. The highest BCUT2D eigenvalue weighted by molar-refractivity contribution is 9.10. The average molecular weight is 319 g/mol. The van der Waals surface area contributed by atoms with E-state index in [-0.39, 0.29) is 11.9 Å². The third kappa shape index (κ3) is 5.66. The van der Waals surface area contributed by atoms with E-state index >= 15 is 0 Å². The van der Waals surface area contributed by atoms with Crippen molar-refractivity contribution in [2.75, 3.05) is 27.3 Å². The van der Waals surface area contributed by atoms with Gasteiger partial charge in [-0.1, -0.05) is 0 Å². The number of nitrogens with zero attached hydrogens (tertiary/aromatic N) is 1. The number of likely N-dealkylation sites (N-methyl/N-ethyl adjacent to an activating group) is 1. The molecule has 0 aromatic carbocycles. The summed E-state index contributed by atoms with van der Waals surface area (Å²) in [5.74, 6) is 0.801. The molecule has 0 saturated carbocycles. The van der Waals surface area contributed by atoms with Crippen molar-refractivity contribution >= 4 is 21.8 Å². The maximum absolute atomic E-state index is 11.7. The molecule has 1 rings (SSSR count). The molecule has 0 spiro atoms. The van der Waals surface area contributed by atoms with Gasteiger partial charge in [-0.25, -0.2) is 0 Å². The summed E-state index contributed by atoms with van der Waals surface area (Å²) in [6, 6.07) is 3.74. The zero-order chi connectivity index (χ0) is 13.5. The molecule has 5 nitrogen and oxygen atoms in total. The Morgan fingerprint density at radius 3 is 2.89 bits per heavy atom. The fraction of sp³-hybridized carbons (Fsp3) is 0.583. The second-order valence-corrected chi connectivity index (χ2v) is 5.08. The van der Waals surface area contributed by atoms with E-state index in [1.165, 1.54) is 0 Å². The monoisotopic (exact) mass is 318 g/mol. The van der Waals surface area contributed by atoms with Crippen molar-refractivity contribution in [1.29, 1.82) is 0 Å². The lowest BCUT2D eigenvalue weighted by molar-refractivity contribution is -0.123. The molecule has 1 aromatic rings. The Balaban J connectivity index is 2.31. The zero-order valence-corrected chi connectivity index (χ0v) is 12.5. The van der Waals surface area contributed by atoms with E-state index in [0.29, 0.717) is 24.4 Å². The number of amides is 1. The van der Waals surface area contributed by atoms with E-state index in [1.54, 1.807) is 7.11 Å². The van der Waals surface area contributed by atoms with Crippen LogP contribution in [0.4, 0.5) is 0 Å². The molecule has 0 aliphatic heterocycles. The summed E-state index contributed by atoms with van der Waals surface area (Å²) in [6.07, 6.45) is 0. The molecule has 0 aliphatic rings. The lowest BCUT2D eigenvalue weighted by atomic mass is 10.3. The molecular weight excluding hydrogens is 300 g/mol. The summed E-state index contributed by atoms with van der Waals surface area (Å²) < 4.78 is 11.0. The van der Waals surface area contributed by atoms with Gasteiger partial charge in [0, 0.05) is 13.2 Å². The molecule has 18 heavy (non-hydrogen) atoms. The third-order valence-corrected chi connectivity index (χ3v) is 2.72. The summed E-state index contributed by atoms with van der Waals surface area (Å²) in [5.41, 5.74) is 0. The molecule has 1 unspecified atom stereocenters. The van der Waals surface area contributed by atoms with Gasteiger partial charge in [0.1, 0.15) is 5.76 Å². The minimum atomic E-state index is -0.0207. The molecule has 0 bridgehead atoms. The summed E-state index contributed by atoms with van der Waals surface area (Å²) in [6.45, 7) is 3.34. The Labute approximate surface area is 116 Å². The minimum absolute atomic E-state index is 0.0207. The second kappa shape index (κ2) is 7.56. The minimum Gasteiger partial charge on any atom is -0.453 e. The molecule has 0 aliphatic carbocycles. The number of nitrogens with one attached hydrogen (secondary N) is 1. The first kappa shape index (κ1) is 15.2. The Kier molecular flexibility index (Phi) is 6.38. The van der Waals surface area contributed by atoms with Crippen molar-refractivity contribution in [2.45, 2.75) is 19.5 Å². The van der Waals surface area contributed by atoms with Crippen molar-refractivity contribution in [3.05, 3.63) is 22.6 Å². The maximum atomic E-state index is 11.7. The van der Waals surface area contributed by atoms with Gasteiger partial charge in [0.2, 0.25) is 5.91 Å². The van der Waals surface area contributed by atoms with Gasteiger partial charge in [-0.3, -0.25) is 9.69 Å².